The first-order chi connectivity index (χ1) is 15.4. The van der Waals surface area contributed by atoms with Crippen molar-refractivity contribution in [2.75, 3.05) is 19.0 Å². The number of para-hydroxylation sites is 1. The first kappa shape index (κ1) is 23.4. The number of carbonyl (C=O) groups is 2. The molecule has 0 radical (unpaired) electrons. The van der Waals surface area contributed by atoms with E-state index in [1.807, 2.05) is 24.3 Å². The highest BCUT2D eigenvalue weighted by atomic mass is 16.6. The first-order valence-corrected chi connectivity index (χ1v) is 10.9. The molecule has 1 aliphatic carbocycles. The molecule has 32 heavy (non-hydrogen) atoms. The number of nitrogens with zero attached hydrogens (tertiary/aromatic N) is 2. The lowest BCUT2D eigenvalue weighted by Crippen LogP contribution is -2.33. The molecule has 0 aliphatic heterocycles. The van der Waals surface area contributed by atoms with Gasteiger partial charge in [-0.25, -0.2) is 4.79 Å². The van der Waals surface area contributed by atoms with Crippen LogP contribution >= 0.6 is 0 Å². The van der Waals surface area contributed by atoms with Crippen molar-refractivity contribution >= 4 is 23.3 Å². The van der Waals surface area contributed by atoms with Crippen molar-refractivity contribution < 1.29 is 19.2 Å². The van der Waals surface area contributed by atoms with Crippen LogP contribution in [0.5, 0.6) is 0 Å². The summed E-state index contributed by atoms with van der Waals surface area (Å²) in [6.07, 6.45) is 6.12. The Bertz CT molecular complexity index is 985. The normalized spacial score (nSPS) is 14.2. The van der Waals surface area contributed by atoms with Gasteiger partial charge in [-0.1, -0.05) is 37.5 Å². The molecule has 8 heteroatoms. The summed E-state index contributed by atoms with van der Waals surface area (Å²) in [5.74, 6) is -1.23. The van der Waals surface area contributed by atoms with Gasteiger partial charge in [-0.15, -0.1) is 0 Å². The number of nitrogens with one attached hydrogen (secondary N) is 1. The Balaban J connectivity index is 1.81. The highest BCUT2D eigenvalue weighted by Gasteiger charge is 2.21. The van der Waals surface area contributed by atoms with Crippen LogP contribution in [-0.4, -0.2) is 41.4 Å². The second-order valence-corrected chi connectivity index (χ2v) is 8.06. The van der Waals surface area contributed by atoms with Gasteiger partial charge in [0.1, 0.15) is 0 Å². The largest absolute Gasteiger partial charge is 0.462 e. The maximum Gasteiger partial charge on any atom is 0.338 e. The van der Waals surface area contributed by atoms with Crippen molar-refractivity contribution in [2.24, 2.45) is 0 Å². The molecule has 1 fully saturated rings. The fraction of sp³-hybridized carbons (Fsp3) is 0.417. The molecule has 0 bridgehead atoms. The Morgan fingerprint density at radius 3 is 2.50 bits per heavy atom. The number of rotatable bonds is 8. The minimum atomic E-state index is -0.709. The number of amides is 1. The van der Waals surface area contributed by atoms with Gasteiger partial charge >= 0.3 is 5.97 Å². The smallest absolute Gasteiger partial charge is 0.338 e. The number of carbonyl (C=O) groups excluding carboxylic acids is 2. The molecule has 1 saturated carbocycles. The van der Waals surface area contributed by atoms with E-state index >= 15 is 0 Å². The molecule has 170 valence electrons. The molecule has 2 aromatic rings. The Labute approximate surface area is 187 Å². The summed E-state index contributed by atoms with van der Waals surface area (Å²) >= 11 is 0. The molecule has 0 spiro atoms. The van der Waals surface area contributed by atoms with Crippen molar-refractivity contribution in [3.63, 3.8) is 0 Å². The van der Waals surface area contributed by atoms with E-state index in [2.05, 4.69) is 17.3 Å². The van der Waals surface area contributed by atoms with Crippen LogP contribution < -0.4 is 5.32 Å². The van der Waals surface area contributed by atoms with Crippen LogP contribution in [0.25, 0.3) is 0 Å². The molecule has 2 aromatic carbocycles. The number of nitro groups is 1. The number of ether oxygens (including phenoxy) is 1. The van der Waals surface area contributed by atoms with E-state index in [0.29, 0.717) is 18.3 Å². The lowest BCUT2D eigenvalue weighted by Gasteiger charge is -2.31. The molecular weight excluding hydrogens is 410 g/mol. The van der Waals surface area contributed by atoms with Gasteiger partial charge in [-0.05, 0) is 44.5 Å². The number of nitro benzene ring substituents is 1. The maximum atomic E-state index is 13.0. The van der Waals surface area contributed by atoms with E-state index in [4.69, 9.17) is 4.74 Å². The van der Waals surface area contributed by atoms with Crippen molar-refractivity contribution in [3.8, 4) is 0 Å². The quantitative estimate of drug-likeness (QED) is 0.360. The lowest BCUT2D eigenvalue weighted by atomic mass is 9.94. The fourth-order valence-electron chi connectivity index (χ4n) is 4.07. The highest BCUT2D eigenvalue weighted by molar-refractivity contribution is 6.06. The van der Waals surface area contributed by atoms with Gasteiger partial charge in [0.15, 0.2) is 0 Å². The second kappa shape index (κ2) is 10.9. The third-order valence-electron chi connectivity index (χ3n) is 5.79. The van der Waals surface area contributed by atoms with Crippen LogP contribution in [-0.2, 0) is 11.3 Å². The molecule has 1 aliphatic rings. The van der Waals surface area contributed by atoms with E-state index in [-0.39, 0.29) is 23.4 Å². The van der Waals surface area contributed by atoms with Crippen molar-refractivity contribution in [2.45, 2.75) is 51.6 Å². The topological polar surface area (TPSA) is 102 Å². The van der Waals surface area contributed by atoms with Crippen LogP contribution in [0.4, 0.5) is 11.4 Å². The number of benzene rings is 2. The van der Waals surface area contributed by atoms with E-state index in [1.165, 1.54) is 38.2 Å². The molecule has 1 amide bonds. The second-order valence-electron chi connectivity index (χ2n) is 8.06. The zero-order valence-corrected chi connectivity index (χ0v) is 18.5. The first-order valence-electron chi connectivity index (χ1n) is 10.9. The molecule has 0 unspecified atom stereocenters. The zero-order valence-electron chi connectivity index (χ0n) is 18.5. The third kappa shape index (κ3) is 5.91. The van der Waals surface area contributed by atoms with Gasteiger partial charge < -0.3 is 10.1 Å². The molecule has 0 atom stereocenters. The minimum absolute atomic E-state index is 0.0256. The van der Waals surface area contributed by atoms with Crippen molar-refractivity contribution in [3.05, 3.63) is 69.3 Å². The van der Waals surface area contributed by atoms with Crippen LogP contribution in [0.1, 0.15) is 65.3 Å². The predicted molar refractivity (Wildman–Crippen MR) is 122 cm³/mol. The van der Waals surface area contributed by atoms with Crippen LogP contribution in [0.15, 0.2) is 42.5 Å². The van der Waals surface area contributed by atoms with E-state index in [1.54, 1.807) is 6.92 Å². The Hall–Kier alpha value is -3.26. The van der Waals surface area contributed by atoms with Crippen LogP contribution in [0.3, 0.4) is 0 Å². The lowest BCUT2D eigenvalue weighted by molar-refractivity contribution is -0.384. The standard InChI is InChI=1S/C24H29N3O5/c1-3-32-24(29)19-13-18(14-21(15-19)27(30)31)23(28)25-22-12-8-7-9-17(22)16-26(2)20-10-5-4-6-11-20/h7-9,12-15,20H,3-6,10-11,16H2,1-2H3,(H,25,28). The van der Waals surface area contributed by atoms with Gasteiger partial charge in [0.25, 0.3) is 11.6 Å². The maximum absolute atomic E-state index is 13.0. The molecule has 0 saturated heterocycles. The van der Waals surface area contributed by atoms with Crippen LogP contribution in [0.2, 0.25) is 0 Å². The molecule has 0 aromatic heterocycles. The molecule has 0 heterocycles. The number of hydrogen-bond donors (Lipinski definition) is 1. The summed E-state index contributed by atoms with van der Waals surface area (Å²) in [4.78, 5) is 38.1. The van der Waals surface area contributed by atoms with Gasteiger partial charge in [0.05, 0.1) is 17.1 Å². The van der Waals surface area contributed by atoms with Gasteiger partial charge in [0, 0.05) is 36.0 Å². The Kier molecular flexibility index (Phi) is 7.94. The Morgan fingerprint density at radius 1 is 1.12 bits per heavy atom. The van der Waals surface area contributed by atoms with Crippen molar-refractivity contribution in [1.82, 2.24) is 4.90 Å². The van der Waals surface area contributed by atoms with E-state index < -0.39 is 16.8 Å². The molecule has 3 rings (SSSR count). The number of non-ortho nitro benzene ring substituents is 1. The number of anilines is 1. The summed E-state index contributed by atoms with van der Waals surface area (Å²) in [5.41, 5.74) is 1.26. The number of esters is 1. The minimum Gasteiger partial charge on any atom is -0.462 e. The zero-order chi connectivity index (χ0) is 23.1. The summed E-state index contributed by atoms with van der Waals surface area (Å²) in [7, 11) is 2.10. The monoisotopic (exact) mass is 439 g/mol. The molecule has 1 N–H and O–H groups in total. The van der Waals surface area contributed by atoms with Crippen molar-refractivity contribution in [1.29, 1.82) is 0 Å². The SMILES string of the molecule is CCOC(=O)c1cc(C(=O)Nc2ccccc2CN(C)C2CCCCC2)cc([N+](=O)[O-])c1. The molecule has 8 nitrogen and oxygen atoms in total. The predicted octanol–water partition coefficient (Wildman–Crippen LogP) is 4.79. The average molecular weight is 440 g/mol. The van der Waals surface area contributed by atoms with E-state index in [9.17, 15) is 19.7 Å². The Morgan fingerprint density at radius 2 is 1.81 bits per heavy atom. The van der Waals surface area contributed by atoms with Gasteiger partial charge in [-0.3, -0.25) is 19.8 Å². The molecular formula is C24H29N3O5. The highest BCUT2D eigenvalue weighted by Crippen LogP contribution is 2.26. The van der Waals surface area contributed by atoms with Gasteiger partial charge in [-0.2, -0.15) is 0 Å². The summed E-state index contributed by atoms with van der Waals surface area (Å²) in [6, 6.07) is 11.6. The average Bonchev–Trinajstić information content (AvgIpc) is 2.80. The van der Waals surface area contributed by atoms with Crippen LogP contribution in [0, 0.1) is 10.1 Å². The summed E-state index contributed by atoms with van der Waals surface area (Å²) in [5, 5.41) is 14.2. The fourth-order valence-corrected chi connectivity index (χ4v) is 4.07. The summed E-state index contributed by atoms with van der Waals surface area (Å²) in [6.45, 7) is 2.46. The summed E-state index contributed by atoms with van der Waals surface area (Å²) < 4.78 is 4.94. The van der Waals surface area contributed by atoms with Gasteiger partial charge in [0.2, 0.25) is 0 Å². The number of hydrogen-bond acceptors (Lipinski definition) is 6. The van der Waals surface area contributed by atoms with E-state index in [0.717, 1.165) is 17.7 Å². The third-order valence-corrected chi connectivity index (χ3v) is 5.79.